The van der Waals surface area contributed by atoms with E-state index in [4.69, 9.17) is 5.10 Å². The molecule has 0 aliphatic heterocycles. The molecule has 0 spiro atoms. The Morgan fingerprint density at radius 2 is 1.69 bits per heavy atom. The molecule has 0 bridgehead atoms. The normalized spacial score (nSPS) is 11.9. The molecule has 1 heterocycles. The average molecular weight is 468 g/mol. The molecular formula is C31H37N3O. The van der Waals surface area contributed by atoms with Gasteiger partial charge in [0.15, 0.2) is 0 Å². The predicted octanol–water partition coefficient (Wildman–Crippen LogP) is 7.40. The lowest BCUT2D eigenvalue weighted by molar-refractivity contribution is 0.0734. The van der Waals surface area contributed by atoms with Gasteiger partial charge in [0.2, 0.25) is 0 Å². The molecule has 1 aromatic heterocycles. The molecule has 0 saturated heterocycles. The molecule has 1 amide bonds. The molecule has 3 rings (SSSR count). The molecule has 0 radical (unpaired) electrons. The Bertz CT molecular complexity index is 1150. The third kappa shape index (κ3) is 7.41. The van der Waals surface area contributed by atoms with E-state index < -0.39 is 0 Å². The van der Waals surface area contributed by atoms with Crippen molar-refractivity contribution < 1.29 is 4.79 Å². The van der Waals surface area contributed by atoms with Crippen LogP contribution in [0.1, 0.15) is 60.9 Å². The van der Waals surface area contributed by atoms with Crippen LogP contribution in [-0.2, 0) is 6.54 Å². The Morgan fingerprint density at radius 1 is 1.00 bits per heavy atom. The van der Waals surface area contributed by atoms with Gasteiger partial charge in [-0.15, -0.1) is 0 Å². The van der Waals surface area contributed by atoms with E-state index in [2.05, 4.69) is 38.1 Å². The highest BCUT2D eigenvalue weighted by Crippen LogP contribution is 2.23. The van der Waals surface area contributed by atoms with Crippen LogP contribution in [-0.4, -0.2) is 27.1 Å². The molecule has 0 aliphatic rings. The van der Waals surface area contributed by atoms with Crippen LogP contribution in [0.2, 0.25) is 0 Å². The molecule has 3 aromatic rings. The van der Waals surface area contributed by atoms with Crippen LogP contribution in [0.5, 0.6) is 0 Å². The van der Waals surface area contributed by atoms with Crippen LogP contribution < -0.4 is 0 Å². The van der Waals surface area contributed by atoms with E-state index in [9.17, 15) is 4.79 Å². The minimum absolute atomic E-state index is 0.0262. The first kappa shape index (κ1) is 26.0. The third-order valence-corrected chi connectivity index (χ3v) is 5.83. The highest BCUT2D eigenvalue weighted by atomic mass is 16.2. The van der Waals surface area contributed by atoms with Crippen molar-refractivity contribution in [2.24, 2.45) is 5.92 Å². The second-order valence-corrected chi connectivity index (χ2v) is 9.08. The van der Waals surface area contributed by atoms with Crippen molar-refractivity contribution in [2.45, 2.75) is 47.1 Å². The fourth-order valence-corrected chi connectivity index (χ4v) is 3.88. The lowest BCUT2D eigenvalue weighted by atomic mass is 10.1. The fourth-order valence-electron chi connectivity index (χ4n) is 3.88. The number of rotatable bonds is 11. The van der Waals surface area contributed by atoms with Crippen molar-refractivity contribution in [1.29, 1.82) is 0 Å². The molecule has 0 unspecified atom stereocenters. The maximum absolute atomic E-state index is 14.0. The van der Waals surface area contributed by atoms with Crippen molar-refractivity contribution in [3.8, 4) is 5.69 Å². The van der Waals surface area contributed by atoms with Gasteiger partial charge in [0, 0.05) is 13.1 Å². The third-order valence-electron chi connectivity index (χ3n) is 5.83. The number of para-hydroxylation sites is 1. The fraction of sp³-hybridized carbons (Fsp3) is 0.290. The number of benzene rings is 2. The summed E-state index contributed by atoms with van der Waals surface area (Å²) in [4.78, 5) is 16.0. The molecule has 0 saturated carbocycles. The van der Waals surface area contributed by atoms with Gasteiger partial charge in [0.25, 0.3) is 5.91 Å². The van der Waals surface area contributed by atoms with Crippen molar-refractivity contribution in [3.63, 3.8) is 0 Å². The van der Waals surface area contributed by atoms with Crippen molar-refractivity contribution in [2.75, 3.05) is 6.54 Å². The molecule has 35 heavy (non-hydrogen) atoms. The lowest BCUT2D eigenvalue weighted by Crippen LogP contribution is -2.33. The van der Waals surface area contributed by atoms with E-state index in [0.29, 0.717) is 30.3 Å². The Kier molecular flexibility index (Phi) is 9.85. The largest absolute Gasteiger partial charge is 0.334 e. The summed E-state index contributed by atoms with van der Waals surface area (Å²) in [5.74, 6) is 0.538. The molecule has 4 heteroatoms. The molecule has 2 aromatic carbocycles. The number of aromatic nitrogens is 2. The van der Waals surface area contributed by atoms with Gasteiger partial charge in [-0.05, 0) is 56.4 Å². The zero-order valence-electron chi connectivity index (χ0n) is 21.4. The van der Waals surface area contributed by atoms with Gasteiger partial charge in [-0.2, -0.15) is 5.10 Å². The summed E-state index contributed by atoms with van der Waals surface area (Å²) in [5.41, 5.74) is 4.31. The Balaban J connectivity index is 1.99. The van der Waals surface area contributed by atoms with Gasteiger partial charge in [-0.1, -0.05) is 92.8 Å². The second-order valence-electron chi connectivity index (χ2n) is 9.08. The van der Waals surface area contributed by atoms with Crippen molar-refractivity contribution in [3.05, 3.63) is 114 Å². The standard InChI is InChI=1S/C31H37N3O/c1-5-6-7-8-9-16-21-29-30(26(4)34(32-29)28-19-14-11-15-20-28)31(35)33(23-22-25(2)3)24-27-17-12-10-13-18-27/h5-8,10-21,25H,9,22-24H2,1-4H3/b6-5-,8-7?,21-16+. The summed E-state index contributed by atoms with van der Waals surface area (Å²) in [7, 11) is 0. The summed E-state index contributed by atoms with van der Waals surface area (Å²) in [6.45, 7) is 9.66. The zero-order valence-corrected chi connectivity index (χ0v) is 21.4. The number of amides is 1. The van der Waals surface area contributed by atoms with Gasteiger partial charge < -0.3 is 4.90 Å². The molecule has 182 valence electrons. The van der Waals surface area contributed by atoms with E-state index in [-0.39, 0.29) is 5.91 Å². The number of hydrogen-bond acceptors (Lipinski definition) is 2. The van der Waals surface area contributed by atoms with Gasteiger partial charge in [-0.3, -0.25) is 4.79 Å². The molecule has 4 nitrogen and oxygen atoms in total. The van der Waals surface area contributed by atoms with Crippen LogP contribution >= 0.6 is 0 Å². The number of hydrogen-bond donors (Lipinski definition) is 0. The summed E-state index contributed by atoms with van der Waals surface area (Å²) in [5, 5.41) is 4.86. The van der Waals surface area contributed by atoms with Gasteiger partial charge >= 0.3 is 0 Å². The van der Waals surface area contributed by atoms with Crippen LogP contribution in [0.3, 0.4) is 0 Å². The number of allylic oxidation sites excluding steroid dienone is 5. The molecule has 0 atom stereocenters. The van der Waals surface area contributed by atoms with Crippen molar-refractivity contribution in [1.82, 2.24) is 14.7 Å². The zero-order chi connectivity index (χ0) is 25.0. The van der Waals surface area contributed by atoms with E-state index in [1.54, 1.807) is 0 Å². The average Bonchev–Trinajstić information content (AvgIpc) is 3.20. The summed E-state index contributed by atoms with van der Waals surface area (Å²) in [6, 6.07) is 20.2. The Labute approximate surface area is 210 Å². The van der Waals surface area contributed by atoms with E-state index >= 15 is 0 Å². The quantitative estimate of drug-likeness (QED) is 0.275. The van der Waals surface area contributed by atoms with E-state index in [1.807, 2.05) is 96.3 Å². The SMILES string of the molecule is C/C=C\C=CC/C=C/c1nn(-c2ccccc2)c(C)c1C(=O)N(CCC(C)C)Cc1ccccc1. The van der Waals surface area contributed by atoms with Crippen LogP contribution in [0, 0.1) is 12.8 Å². The number of nitrogens with zero attached hydrogens (tertiary/aromatic N) is 3. The monoisotopic (exact) mass is 467 g/mol. The predicted molar refractivity (Wildman–Crippen MR) is 147 cm³/mol. The maximum Gasteiger partial charge on any atom is 0.258 e. The minimum atomic E-state index is 0.0262. The van der Waals surface area contributed by atoms with Gasteiger partial charge in [0.05, 0.1) is 22.6 Å². The lowest BCUT2D eigenvalue weighted by Gasteiger charge is -2.24. The summed E-state index contributed by atoms with van der Waals surface area (Å²) >= 11 is 0. The molecule has 0 N–H and O–H groups in total. The second kappa shape index (κ2) is 13.3. The first-order chi connectivity index (χ1) is 17.0. The van der Waals surface area contributed by atoms with E-state index in [0.717, 1.165) is 29.8 Å². The Hall–Kier alpha value is -3.66. The van der Waals surface area contributed by atoms with Crippen LogP contribution in [0.15, 0.2) is 91.0 Å². The number of carbonyl (C=O) groups is 1. The van der Waals surface area contributed by atoms with Crippen molar-refractivity contribution >= 4 is 12.0 Å². The molecular weight excluding hydrogens is 430 g/mol. The van der Waals surface area contributed by atoms with Crippen LogP contribution in [0.25, 0.3) is 11.8 Å². The highest BCUT2D eigenvalue weighted by molar-refractivity contribution is 5.98. The first-order valence-electron chi connectivity index (χ1n) is 12.4. The van der Waals surface area contributed by atoms with Crippen LogP contribution in [0.4, 0.5) is 0 Å². The Morgan fingerprint density at radius 3 is 2.34 bits per heavy atom. The number of carbonyl (C=O) groups excluding carboxylic acids is 1. The smallest absolute Gasteiger partial charge is 0.258 e. The molecule has 0 aliphatic carbocycles. The maximum atomic E-state index is 14.0. The van der Waals surface area contributed by atoms with Gasteiger partial charge in [-0.25, -0.2) is 4.68 Å². The molecule has 0 fully saturated rings. The van der Waals surface area contributed by atoms with E-state index in [1.165, 1.54) is 0 Å². The highest BCUT2D eigenvalue weighted by Gasteiger charge is 2.25. The first-order valence-corrected chi connectivity index (χ1v) is 12.4. The summed E-state index contributed by atoms with van der Waals surface area (Å²) in [6.07, 6.45) is 13.9. The topological polar surface area (TPSA) is 38.1 Å². The van der Waals surface area contributed by atoms with Gasteiger partial charge in [0.1, 0.15) is 0 Å². The minimum Gasteiger partial charge on any atom is -0.334 e. The summed E-state index contributed by atoms with van der Waals surface area (Å²) < 4.78 is 1.88.